The number of aromatic hydroxyl groups is 1. The van der Waals surface area contributed by atoms with Gasteiger partial charge in [0.15, 0.2) is 5.78 Å². The molecule has 0 saturated heterocycles. The lowest BCUT2D eigenvalue weighted by Gasteiger charge is -1.99. The van der Waals surface area contributed by atoms with E-state index in [1.165, 1.54) is 13.1 Å². The van der Waals surface area contributed by atoms with Crippen LogP contribution in [0.4, 0.5) is 0 Å². The fourth-order valence-electron chi connectivity index (χ4n) is 0.835. The van der Waals surface area contributed by atoms with E-state index in [0.29, 0.717) is 5.56 Å². The van der Waals surface area contributed by atoms with Gasteiger partial charge in [-0.1, -0.05) is 0 Å². The minimum Gasteiger partial charge on any atom is -0.506 e. The highest BCUT2D eigenvalue weighted by Gasteiger charge is 2.05. The fourth-order valence-corrected chi connectivity index (χ4v) is 0.835. The molecule has 0 aliphatic carbocycles. The van der Waals surface area contributed by atoms with Crippen molar-refractivity contribution in [1.82, 2.24) is 4.98 Å². The second-order valence-corrected chi connectivity index (χ2v) is 2.40. The number of carbonyl (C=O) groups excluding carboxylic acids is 1. The number of ketones is 1. The molecule has 0 spiro atoms. The Labute approximate surface area is 64.7 Å². The van der Waals surface area contributed by atoms with Crippen molar-refractivity contribution < 1.29 is 9.90 Å². The zero-order valence-corrected chi connectivity index (χ0v) is 6.46. The van der Waals surface area contributed by atoms with Gasteiger partial charge >= 0.3 is 0 Å². The third-order valence-electron chi connectivity index (χ3n) is 1.40. The van der Waals surface area contributed by atoms with Crippen molar-refractivity contribution >= 4 is 5.78 Å². The summed E-state index contributed by atoms with van der Waals surface area (Å²) in [7, 11) is 0. The first kappa shape index (κ1) is 7.72. The number of aryl methyl sites for hydroxylation is 1. The van der Waals surface area contributed by atoms with Crippen LogP contribution in [0.5, 0.6) is 5.75 Å². The molecule has 0 atom stereocenters. The minimum absolute atomic E-state index is 0.0527. The zero-order valence-electron chi connectivity index (χ0n) is 6.46. The second kappa shape index (κ2) is 2.70. The molecule has 0 unspecified atom stereocenters. The highest BCUT2D eigenvalue weighted by Crippen LogP contribution is 2.15. The standard InChI is InChI=1S/C8H9NO2/c1-5-3-7(6(2)10)8(11)4-9-5/h3-4,11H,1-2H3. The van der Waals surface area contributed by atoms with Crippen molar-refractivity contribution in [2.75, 3.05) is 0 Å². The van der Waals surface area contributed by atoms with E-state index in [-0.39, 0.29) is 11.5 Å². The predicted molar refractivity (Wildman–Crippen MR) is 40.6 cm³/mol. The Hall–Kier alpha value is -1.38. The molecule has 1 heterocycles. The Balaban J connectivity index is 3.23. The molecule has 1 aromatic rings. The first-order valence-electron chi connectivity index (χ1n) is 3.28. The van der Waals surface area contributed by atoms with Crippen LogP contribution in [-0.4, -0.2) is 15.9 Å². The number of Topliss-reactive ketones (excluding diaryl/α,β-unsaturated/α-hetero) is 1. The van der Waals surface area contributed by atoms with Gasteiger partial charge in [-0.15, -0.1) is 0 Å². The summed E-state index contributed by atoms with van der Waals surface area (Å²) in [4.78, 5) is 14.7. The van der Waals surface area contributed by atoms with Gasteiger partial charge in [-0.2, -0.15) is 0 Å². The van der Waals surface area contributed by atoms with Crippen molar-refractivity contribution in [1.29, 1.82) is 0 Å². The van der Waals surface area contributed by atoms with Crippen LogP contribution in [-0.2, 0) is 0 Å². The van der Waals surface area contributed by atoms with Crippen LogP contribution >= 0.6 is 0 Å². The number of aromatic nitrogens is 1. The molecule has 0 saturated carbocycles. The molecule has 0 aromatic carbocycles. The van der Waals surface area contributed by atoms with Crippen LogP contribution in [0.25, 0.3) is 0 Å². The molecule has 1 rings (SSSR count). The van der Waals surface area contributed by atoms with Gasteiger partial charge in [0.25, 0.3) is 0 Å². The molecule has 1 N–H and O–H groups in total. The average molecular weight is 151 g/mol. The average Bonchev–Trinajstić information content (AvgIpc) is 1.94. The van der Waals surface area contributed by atoms with Gasteiger partial charge in [0.1, 0.15) is 5.75 Å². The van der Waals surface area contributed by atoms with E-state index in [2.05, 4.69) is 4.98 Å². The monoisotopic (exact) mass is 151 g/mol. The molecule has 0 aliphatic heterocycles. The minimum atomic E-state index is -0.145. The SMILES string of the molecule is CC(=O)c1cc(C)ncc1O. The van der Waals surface area contributed by atoms with Crippen molar-refractivity contribution in [2.45, 2.75) is 13.8 Å². The Morgan fingerprint density at radius 3 is 2.73 bits per heavy atom. The number of rotatable bonds is 1. The van der Waals surface area contributed by atoms with Crippen LogP contribution < -0.4 is 0 Å². The van der Waals surface area contributed by atoms with Crippen molar-refractivity contribution in [2.24, 2.45) is 0 Å². The molecule has 11 heavy (non-hydrogen) atoms. The molecule has 58 valence electrons. The Morgan fingerprint density at radius 1 is 1.64 bits per heavy atom. The number of pyridine rings is 1. The van der Waals surface area contributed by atoms with Gasteiger partial charge in [0.05, 0.1) is 11.8 Å². The van der Waals surface area contributed by atoms with E-state index in [0.717, 1.165) is 5.69 Å². The van der Waals surface area contributed by atoms with E-state index in [9.17, 15) is 4.79 Å². The molecule has 0 fully saturated rings. The van der Waals surface area contributed by atoms with Gasteiger partial charge in [-0.3, -0.25) is 9.78 Å². The van der Waals surface area contributed by atoms with Gasteiger partial charge < -0.3 is 5.11 Å². The van der Waals surface area contributed by atoms with Crippen molar-refractivity contribution in [3.8, 4) is 5.75 Å². The molecule has 0 bridgehead atoms. The molecule has 1 aromatic heterocycles. The number of hydrogen-bond acceptors (Lipinski definition) is 3. The summed E-state index contributed by atoms with van der Waals surface area (Å²) >= 11 is 0. The number of carbonyl (C=O) groups is 1. The van der Waals surface area contributed by atoms with E-state index < -0.39 is 0 Å². The molecule has 0 aliphatic rings. The Morgan fingerprint density at radius 2 is 2.27 bits per heavy atom. The predicted octanol–water partition coefficient (Wildman–Crippen LogP) is 1.30. The van der Waals surface area contributed by atoms with Gasteiger partial charge in [-0.05, 0) is 19.9 Å². The maximum atomic E-state index is 10.8. The largest absolute Gasteiger partial charge is 0.506 e. The van der Waals surface area contributed by atoms with Crippen LogP contribution in [0, 0.1) is 6.92 Å². The fraction of sp³-hybridized carbons (Fsp3) is 0.250. The van der Waals surface area contributed by atoms with Gasteiger partial charge in [0, 0.05) is 5.69 Å². The number of hydrogen-bond donors (Lipinski definition) is 1. The smallest absolute Gasteiger partial charge is 0.163 e. The van der Waals surface area contributed by atoms with E-state index in [4.69, 9.17) is 5.11 Å². The lowest BCUT2D eigenvalue weighted by molar-refractivity contribution is 0.101. The van der Waals surface area contributed by atoms with Crippen molar-refractivity contribution in [3.05, 3.63) is 23.5 Å². The Bertz CT molecular complexity index is 294. The summed E-state index contributed by atoms with van der Waals surface area (Å²) < 4.78 is 0. The van der Waals surface area contributed by atoms with Crippen LogP contribution in [0.3, 0.4) is 0 Å². The third-order valence-corrected chi connectivity index (χ3v) is 1.40. The zero-order chi connectivity index (χ0) is 8.43. The van der Waals surface area contributed by atoms with Crippen molar-refractivity contribution in [3.63, 3.8) is 0 Å². The first-order valence-corrected chi connectivity index (χ1v) is 3.28. The van der Waals surface area contributed by atoms with E-state index in [1.54, 1.807) is 13.0 Å². The molecular formula is C8H9NO2. The summed E-state index contributed by atoms with van der Waals surface area (Å²) in [5.74, 6) is -0.198. The topological polar surface area (TPSA) is 50.2 Å². The second-order valence-electron chi connectivity index (χ2n) is 2.40. The molecule has 3 nitrogen and oxygen atoms in total. The lowest BCUT2D eigenvalue weighted by atomic mass is 10.1. The normalized spacial score (nSPS) is 9.64. The van der Waals surface area contributed by atoms with Crippen LogP contribution in [0.2, 0.25) is 0 Å². The highest BCUT2D eigenvalue weighted by atomic mass is 16.3. The van der Waals surface area contributed by atoms with Crippen LogP contribution in [0.1, 0.15) is 23.0 Å². The maximum Gasteiger partial charge on any atom is 0.163 e. The first-order chi connectivity index (χ1) is 5.11. The molecule has 0 radical (unpaired) electrons. The molecule has 3 heteroatoms. The molecule has 0 amide bonds. The summed E-state index contributed by atoms with van der Waals surface area (Å²) in [6, 6.07) is 1.57. The Kier molecular flexibility index (Phi) is 1.89. The highest BCUT2D eigenvalue weighted by molar-refractivity contribution is 5.96. The van der Waals surface area contributed by atoms with E-state index in [1.807, 2.05) is 0 Å². The van der Waals surface area contributed by atoms with Gasteiger partial charge in [0.2, 0.25) is 0 Å². The lowest BCUT2D eigenvalue weighted by Crippen LogP contribution is -1.94. The van der Waals surface area contributed by atoms with Crippen LogP contribution in [0.15, 0.2) is 12.3 Å². The number of nitrogens with zero attached hydrogens (tertiary/aromatic N) is 1. The summed E-state index contributed by atoms with van der Waals surface area (Å²) in [5.41, 5.74) is 1.06. The molecular weight excluding hydrogens is 142 g/mol. The summed E-state index contributed by atoms with van der Waals surface area (Å²) in [6.07, 6.45) is 1.28. The summed E-state index contributed by atoms with van der Waals surface area (Å²) in [6.45, 7) is 3.18. The van der Waals surface area contributed by atoms with Gasteiger partial charge in [-0.25, -0.2) is 0 Å². The van der Waals surface area contributed by atoms with E-state index >= 15 is 0 Å². The summed E-state index contributed by atoms with van der Waals surface area (Å²) in [5, 5.41) is 9.12. The maximum absolute atomic E-state index is 10.8. The quantitative estimate of drug-likeness (QED) is 0.615. The third kappa shape index (κ3) is 1.55.